The number of carbonyl (C=O) groups is 2. The molecule has 42 heavy (non-hydrogen) atoms. The summed E-state index contributed by atoms with van der Waals surface area (Å²) in [6.07, 6.45) is 16.1. The summed E-state index contributed by atoms with van der Waals surface area (Å²) in [6.45, 7) is 24.0. The van der Waals surface area contributed by atoms with Gasteiger partial charge in [-0.05, 0) is 75.9 Å². The number of hydrogen-bond donors (Lipinski definition) is 2. The lowest BCUT2D eigenvalue weighted by Crippen LogP contribution is -2.47. The van der Waals surface area contributed by atoms with Gasteiger partial charge in [0.05, 0.1) is 12.1 Å². The molecule has 1 saturated heterocycles. The second kappa shape index (κ2) is 15.6. The van der Waals surface area contributed by atoms with Crippen LogP contribution in [0.25, 0.3) is 0 Å². The monoisotopic (exact) mass is 578 g/mol. The van der Waals surface area contributed by atoms with Gasteiger partial charge >= 0.3 is 0 Å². The van der Waals surface area contributed by atoms with Crippen molar-refractivity contribution in [3.8, 4) is 12.1 Å². The van der Waals surface area contributed by atoms with Crippen molar-refractivity contribution < 1.29 is 9.59 Å². The SMILES string of the molecule is CC(C)(C)CC(C)(C)NC(=O)C(C#N)/C=C/C=C/N1CCN(/C=C/C=C/C(C#N)C(=O)NC(C)(C)CC(C)(C)C)CC1. The van der Waals surface area contributed by atoms with Crippen LogP contribution in [0.1, 0.15) is 82.1 Å². The Balaban J connectivity index is 2.54. The van der Waals surface area contributed by atoms with Crippen LogP contribution in [0.3, 0.4) is 0 Å². The highest BCUT2D eigenvalue weighted by molar-refractivity contribution is 5.84. The summed E-state index contributed by atoms with van der Waals surface area (Å²) in [5, 5.41) is 25.0. The van der Waals surface area contributed by atoms with E-state index in [9.17, 15) is 20.1 Å². The summed E-state index contributed by atoms with van der Waals surface area (Å²) < 4.78 is 0. The average Bonchev–Trinajstić information content (AvgIpc) is 2.81. The van der Waals surface area contributed by atoms with Crippen LogP contribution >= 0.6 is 0 Å². The maximum absolute atomic E-state index is 12.6. The molecule has 232 valence electrons. The van der Waals surface area contributed by atoms with Gasteiger partial charge in [0.2, 0.25) is 11.8 Å². The van der Waals surface area contributed by atoms with Crippen molar-refractivity contribution in [2.75, 3.05) is 26.2 Å². The number of nitrogens with zero attached hydrogens (tertiary/aromatic N) is 4. The van der Waals surface area contributed by atoms with Crippen molar-refractivity contribution >= 4 is 11.8 Å². The quantitative estimate of drug-likeness (QED) is 0.288. The minimum absolute atomic E-state index is 0.0653. The molecule has 0 radical (unpaired) electrons. The largest absolute Gasteiger partial charge is 0.374 e. The average molecular weight is 579 g/mol. The van der Waals surface area contributed by atoms with Gasteiger partial charge in [-0.25, -0.2) is 0 Å². The Bertz CT molecular complexity index is 1010. The highest BCUT2D eigenvalue weighted by atomic mass is 16.2. The van der Waals surface area contributed by atoms with E-state index in [4.69, 9.17) is 0 Å². The molecule has 1 aliphatic heterocycles. The highest BCUT2D eigenvalue weighted by Gasteiger charge is 2.30. The predicted molar refractivity (Wildman–Crippen MR) is 170 cm³/mol. The zero-order chi connectivity index (χ0) is 32.2. The van der Waals surface area contributed by atoms with E-state index in [0.717, 1.165) is 39.0 Å². The van der Waals surface area contributed by atoms with E-state index in [0.29, 0.717) is 0 Å². The van der Waals surface area contributed by atoms with E-state index in [1.807, 2.05) is 52.2 Å². The number of nitrogens with one attached hydrogen (secondary N) is 2. The van der Waals surface area contributed by atoms with Crippen LogP contribution in [-0.4, -0.2) is 58.9 Å². The fourth-order valence-electron chi connectivity index (χ4n) is 5.67. The van der Waals surface area contributed by atoms with Crippen LogP contribution < -0.4 is 10.6 Å². The Morgan fingerprint density at radius 1 is 0.643 bits per heavy atom. The number of rotatable bonds is 12. The molecule has 0 bridgehead atoms. The molecule has 1 aliphatic rings. The Hall–Kier alpha value is -3.52. The predicted octanol–water partition coefficient (Wildman–Crippen LogP) is 5.69. The fourth-order valence-corrected chi connectivity index (χ4v) is 5.67. The van der Waals surface area contributed by atoms with Gasteiger partial charge < -0.3 is 20.4 Å². The number of allylic oxidation sites excluding steroid dienone is 4. The van der Waals surface area contributed by atoms with Crippen molar-refractivity contribution in [2.45, 2.75) is 93.2 Å². The van der Waals surface area contributed by atoms with Crippen molar-refractivity contribution in [3.05, 3.63) is 48.9 Å². The minimum atomic E-state index is -0.842. The lowest BCUT2D eigenvalue weighted by Gasteiger charge is -2.33. The third-order valence-corrected chi connectivity index (χ3v) is 6.48. The molecule has 1 rings (SSSR count). The molecule has 0 aromatic rings. The van der Waals surface area contributed by atoms with Gasteiger partial charge in [0, 0.05) is 37.3 Å². The summed E-state index contributed by atoms with van der Waals surface area (Å²) >= 11 is 0. The normalized spacial score (nSPS) is 17.0. The highest BCUT2D eigenvalue weighted by Crippen LogP contribution is 2.28. The van der Waals surface area contributed by atoms with Gasteiger partial charge in [-0.15, -0.1) is 0 Å². The van der Waals surface area contributed by atoms with Crippen LogP contribution in [0, 0.1) is 45.3 Å². The molecule has 2 unspecified atom stereocenters. The first-order valence-corrected chi connectivity index (χ1v) is 14.9. The van der Waals surface area contributed by atoms with E-state index in [1.54, 1.807) is 24.3 Å². The van der Waals surface area contributed by atoms with Gasteiger partial charge in [0.1, 0.15) is 11.8 Å². The zero-order valence-corrected chi connectivity index (χ0v) is 27.6. The standard InChI is InChI=1S/C34H54N6O2/c1-31(2,3)25-33(7,8)37-29(41)27(23-35)15-11-13-17-39-19-21-40(22-20-39)18-14-12-16-28(24-36)30(42)38-34(9,10)26-32(4,5)6/h11-18,27-28H,19-22,25-26H2,1-10H3,(H,37,41)(H,38,42)/b15-11+,16-12+,17-13+,18-14+. The molecule has 2 atom stereocenters. The lowest BCUT2D eigenvalue weighted by molar-refractivity contribution is -0.125. The third kappa shape index (κ3) is 15.5. The Kier molecular flexibility index (Phi) is 13.6. The van der Waals surface area contributed by atoms with Crippen molar-refractivity contribution in [1.82, 2.24) is 20.4 Å². The molecule has 1 fully saturated rings. The van der Waals surface area contributed by atoms with Crippen LogP contribution in [-0.2, 0) is 9.59 Å². The van der Waals surface area contributed by atoms with Crippen molar-refractivity contribution in [3.63, 3.8) is 0 Å². The van der Waals surface area contributed by atoms with Gasteiger partial charge in [-0.3, -0.25) is 9.59 Å². The first-order valence-electron chi connectivity index (χ1n) is 14.9. The van der Waals surface area contributed by atoms with Gasteiger partial charge in [0.15, 0.2) is 0 Å². The van der Waals surface area contributed by atoms with E-state index in [1.165, 1.54) is 0 Å². The molecule has 8 nitrogen and oxygen atoms in total. The summed E-state index contributed by atoms with van der Waals surface area (Å²) in [7, 11) is 0. The summed E-state index contributed by atoms with van der Waals surface area (Å²) in [6, 6.07) is 4.17. The number of carbonyl (C=O) groups excluding carboxylic acids is 2. The van der Waals surface area contributed by atoms with Crippen molar-refractivity contribution in [1.29, 1.82) is 10.5 Å². The maximum Gasteiger partial charge on any atom is 0.241 e. The molecule has 0 saturated carbocycles. The van der Waals surface area contributed by atoms with Crippen molar-refractivity contribution in [2.24, 2.45) is 22.7 Å². The summed E-state index contributed by atoms with van der Waals surface area (Å²) in [5.41, 5.74) is -0.661. The summed E-state index contributed by atoms with van der Waals surface area (Å²) in [5.74, 6) is -2.25. The second-order valence-corrected chi connectivity index (χ2v) is 15.0. The summed E-state index contributed by atoms with van der Waals surface area (Å²) in [4.78, 5) is 29.6. The lowest BCUT2D eigenvalue weighted by atomic mass is 9.81. The zero-order valence-electron chi connectivity index (χ0n) is 27.6. The van der Waals surface area contributed by atoms with E-state index in [-0.39, 0.29) is 22.6 Å². The van der Waals surface area contributed by atoms with Crippen LogP contribution in [0.2, 0.25) is 0 Å². The smallest absolute Gasteiger partial charge is 0.241 e. The topological polar surface area (TPSA) is 112 Å². The molecule has 0 aromatic carbocycles. The van der Waals surface area contributed by atoms with Crippen LogP contribution in [0.4, 0.5) is 0 Å². The third-order valence-electron chi connectivity index (χ3n) is 6.48. The maximum atomic E-state index is 12.6. The number of amides is 2. The van der Waals surface area contributed by atoms with Crippen LogP contribution in [0.5, 0.6) is 0 Å². The molecule has 0 aromatic heterocycles. The number of piperazine rings is 1. The first-order chi connectivity index (χ1) is 19.3. The molecule has 1 heterocycles. The minimum Gasteiger partial charge on any atom is -0.374 e. The Morgan fingerprint density at radius 3 is 1.21 bits per heavy atom. The van der Waals surface area contributed by atoms with Crippen LogP contribution in [0.15, 0.2) is 48.9 Å². The fraction of sp³-hybridized carbons (Fsp3) is 0.647. The molecule has 0 spiro atoms. The molecular formula is C34H54N6O2. The molecular weight excluding hydrogens is 524 g/mol. The van der Waals surface area contributed by atoms with Gasteiger partial charge in [-0.2, -0.15) is 10.5 Å². The van der Waals surface area contributed by atoms with E-state index >= 15 is 0 Å². The van der Waals surface area contributed by atoms with Gasteiger partial charge in [-0.1, -0.05) is 65.8 Å². The second-order valence-electron chi connectivity index (χ2n) is 15.0. The molecule has 8 heteroatoms. The van der Waals surface area contributed by atoms with E-state index in [2.05, 4.69) is 74.1 Å². The Morgan fingerprint density at radius 2 is 0.952 bits per heavy atom. The van der Waals surface area contributed by atoms with Gasteiger partial charge in [0.25, 0.3) is 0 Å². The van der Waals surface area contributed by atoms with E-state index < -0.39 is 22.9 Å². The Labute approximate surface area is 255 Å². The first kappa shape index (κ1) is 36.5. The molecule has 2 N–H and O–H groups in total. The number of nitriles is 2. The molecule has 0 aliphatic carbocycles. The number of hydrogen-bond acceptors (Lipinski definition) is 6. The molecule has 2 amide bonds.